The van der Waals surface area contributed by atoms with Crippen LogP contribution in [0.1, 0.15) is 21.6 Å². The predicted octanol–water partition coefficient (Wildman–Crippen LogP) is 4.10. The SMILES string of the molecule is COc1ccc(CCNC(=O)c2csc(-c3ccc(C)cc3)n2)cc1. The zero-order valence-electron chi connectivity index (χ0n) is 14.3. The van der Waals surface area contributed by atoms with Crippen LogP contribution in [0.2, 0.25) is 0 Å². The summed E-state index contributed by atoms with van der Waals surface area (Å²) in [5.41, 5.74) is 3.86. The Kier molecular flexibility index (Phi) is 5.46. The Morgan fingerprint density at radius 2 is 1.84 bits per heavy atom. The Bertz CT molecular complexity index is 839. The standard InChI is InChI=1S/C20H20N2O2S/c1-14-3-7-16(8-4-14)20-22-18(13-25-20)19(23)21-12-11-15-5-9-17(24-2)10-6-15/h3-10,13H,11-12H2,1-2H3,(H,21,23). The molecule has 1 aromatic heterocycles. The topological polar surface area (TPSA) is 51.2 Å². The van der Waals surface area contributed by atoms with E-state index in [1.807, 2.05) is 55.5 Å². The van der Waals surface area contributed by atoms with E-state index in [1.165, 1.54) is 16.9 Å². The van der Waals surface area contributed by atoms with Crippen molar-refractivity contribution in [3.63, 3.8) is 0 Å². The van der Waals surface area contributed by atoms with Crippen LogP contribution >= 0.6 is 11.3 Å². The van der Waals surface area contributed by atoms with Crippen LogP contribution in [0.4, 0.5) is 0 Å². The van der Waals surface area contributed by atoms with E-state index in [-0.39, 0.29) is 5.91 Å². The number of aryl methyl sites for hydroxylation is 1. The molecule has 1 heterocycles. The molecular formula is C20H20N2O2S. The molecule has 0 spiro atoms. The summed E-state index contributed by atoms with van der Waals surface area (Å²) in [4.78, 5) is 16.7. The van der Waals surface area contributed by atoms with Crippen LogP contribution in [0.3, 0.4) is 0 Å². The zero-order valence-corrected chi connectivity index (χ0v) is 15.1. The molecule has 5 heteroatoms. The quantitative estimate of drug-likeness (QED) is 0.727. The Hall–Kier alpha value is -2.66. The van der Waals surface area contributed by atoms with Gasteiger partial charge in [0.25, 0.3) is 5.91 Å². The fraction of sp³-hybridized carbons (Fsp3) is 0.200. The Morgan fingerprint density at radius 3 is 2.52 bits per heavy atom. The third-order valence-corrected chi connectivity index (χ3v) is 4.78. The van der Waals surface area contributed by atoms with E-state index in [2.05, 4.69) is 10.3 Å². The smallest absolute Gasteiger partial charge is 0.270 e. The molecule has 25 heavy (non-hydrogen) atoms. The average molecular weight is 352 g/mol. The van der Waals surface area contributed by atoms with Crippen molar-refractivity contribution >= 4 is 17.2 Å². The maximum absolute atomic E-state index is 12.2. The second kappa shape index (κ2) is 7.94. The van der Waals surface area contributed by atoms with Crippen molar-refractivity contribution in [2.45, 2.75) is 13.3 Å². The summed E-state index contributed by atoms with van der Waals surface area (Å²) in [5.74, 6) is 0.696. The molecule has 0 atom stereocenters. The zero-order chi connectivity index (χ0) is 17.6. The molecule has 0 radical (unpaired) electrons. The Morgan fingerprint density at radius 1 is 1.12 bits per heavy atom. The fourth-order valence-corrected chi connectivity index (χ4v) is 3.22. The number of amides is 1. The molecule has 0 aliphatic heterocycles. The van der Waals surface area contributed by atoms with E-state index in [9.17, 15) is 4.79 Å². The lowest BCUT2D eigenvalue weighted by Crippen LogP contribution is -2.25. The predicted molar refractivity (Wildman–Crippen MR) is 101 cm³/mol. The van der Waals surface area contributed by atoms with Gasteiger partial charge in [-0.1, -0.05) is 42.0 Å². The number of thiazole rings is 1. The summed E-state index contributed by atoms with van der Waals surface area (Å²) in [5, 5.41) is 5.59. The van der Waals surface area contributed by atoms with Gasteiger partial charge in [0.2, 0.25) is 0 Å². The molecule has 3 aromatic rings. The highest BCUT2D eigenvalue weighted by molar-refractivity contribution is 7.13. The first-order valence-corrected chi connectivity index (χ1v) is 8.97. The van der Waals surface area contributed by atoms with Crippen LogP contribution in [0, 0.1) is 6.92 Å². The number of ether oxygens (including phenoxy) is 1. The van der Waals surface area contributed by atoms with E-state index in [1.54, 1.807) is 12.5 Å². The van der Waals surface area contributed by atoms with Gasteiger partial charge in [-0.25, -0.2) is 4.98 Å². The third-order valence-electron chi connectivity index (χ3n) is 3.89. The van der Waals surface area contributed by atoms with E-state index in [4.69, 9.17) is 4.74 Å². The first kappa shape index (κ1) is 17.2. The van der Waals surface area contributed by atoms with Gasteiger partial charge >= 0.3 is 0 Å². The van der Waals surface area contributed by atoms with E-state index in [0.29, 0.717) is 12.2 Å². The number of hydrogen-bond donors (Lipinski definition) is 1. The van der Waals surface area contributed by atoms with Crippen molar-refractivity contribution in [3.8, 4) is 16.3 Å². The van der Waals surface area contributed by atoms with Crippen LogP contribution in [-0.2, 0) is 6.42 Å². The van der Waals surface area contributed by atoms with Gasteiger partial charge in [-0.05, 0) is 31.0 Å². The maximum Gasteiger partial charge on any atom is 0.270 e. The molecule has 1 amide bonds. The van der Waals surface area contributed by atoms with Gasteiger partial charge in [-0.2, -0.15) is 0 Å². The van der Waals surface area contributed by atoms with Crippen LogP contribution in [0.15, 0.2) is 53.9 Å². The minimum absolute atomic E-state index is 0.136. The van der Waals surface area contributed by atoms with Gasteiger partial charge in [0.1, 0.15) is 16.5 Å². The summed E-state index contributed by atoms with van der Waals surface area (Å²) in [6.07, 6.45) is 0.769. The van der Waals surface area contributed by atoms with E-state index < -0.39 is 0 Å². The number of methoxy groups -OCH3 is 1. The molecule has 128 valence electrons. The minimum Gasteiger partial charge on any atom is -0.497 e. The number of nitrogens with one attached hydrogen (secondary N) is 1. The number of aromatic nitrogens is 1. The molecule has 0 unspecified atom stereocenters. The largest absolute Gasteiger partial charge is 0.497 e. The molecule has 4 nitrogen and oxygen atoms in total. The second-order valence-electron chi connectivity index (χ2n) is 5.76. The number of hydrogen-bond acceptors (Lipinski definition) is 4. The molecule has 0 saturated heterocycles. The van der Waals surface area contributed by atoms with Gasteiger partial charge in [-0.15, -0.1) is 11.3 Å². The molecule has 0 bridgehead atoms. The van der Waals surface area contributed by atoms with Gasteiger partial charge in [-0.3, -0.25) is 4.79 Å². The van der Waals surface area contributed by atoms with Crippen molar-refractivity contribution in [2.75, 3.05) is 13.7 Å². The summed E-state index contributed by atoms with van der Waals surface area (Å²) in [7, 11) is 1.65. The third kappa shape index (κ3) is 4.45. The number of nitrogens with zero attached hydrogens (tertiary/aromatic N) is 1. The summed E-state index contributed by atoms with van der Waals surface area (Å²) in [6.45, 7) is 2.62. The normalized spacial score (nSPS) is 10.5. The molecular weight excluding hydrogens is 332 g/mol. The van der Waals surface area contributed by atoms with Crippen molar-refractivity contribution in [1.82, 2.24) is 10.3 Å². The van der Waals surface area contributed by atoms with Crippen molar-refractivity contribution in [3.05, 3.63) is 70.7 Å². The summed E-state index contributed by atoms with van der Waals surface area (Å²) in [6, 6.07) is 16.0. The first-order valence-electron chi connectivity index (χ1n) is 8.09. The number of benzene rings is 2. The van der Waals surface area contributed by atoms with Crippen LogP contribution < -0.4 is 10.1 Å². The van der Waals surface area contributed by atoms with Crippen LogP contribution in [-0.4, -0.2) is 24.5 Å². The summed E-state index contributed by atoms with van der Waals surface area (Å²) < 4.78 is 5.14. The van der Waals surface area contributed by atoms with Crippen molar-refractivity contribution < 1.29 is 9.53 Å². The van der Waals surface area contributed by atoms with Gasteiger partial charge in [0.05, 0.1) is 7.11 Å². The second-order valence-corrected chi connectivity index (χ2v) is 6.62. The van der Waals surface area contributed by atoms with E-state index in [0.717, 1.165) is 28.3 Å². The van der Waals surface area contributed by atoms with Crippen LogP contribution in [0.5, 0.6) is 5.75 Å². The molecule has 0 saturated carbocycles. The lowest BCUT2D eigenvalue weighted by atomic mass is 10.1. The molecule has 0 aliphatic rings. The van der Waals surface area contributed by atoms with Gasteiger partial charge in [0, 0.05) is 17.5 Å². The van der Waals surface area contributed by atoms with Crippen molar-refractivity contribution in [2.24, 2.45) is 0 Å². The molecule has 0 fully saturated rings. The lowest BCUT2D eigenvalue weighted by Gasteiger charge is -2.05. The molecule has 1 N–H and O–H groups in total. The van der Waals surface area contributed by atoms with Crippen molar-refractivity contribution in [1.29, 1.82) is 0 Å². The number of carbonyl (C=O) groups is 1. The van der Waals surface area contributed by atoms with E-state index >= 15 is 0 Å². The highest BCUT2D eigenvalue weighted by atomic mass is 32.1. The highest BCUT2D eigenvalue weighted by Crippen LogP contribution is 2.23. The minimum atomic E-state index is -0.136. The van der Waals surface area contributed by atoms with Crippen LogP contribution in [0.25, 0.3) is 10.6 Å². The van der Waals surface area contributed by atoms with Gasteiger partial charge < -0.3 is 10.1 Å². The number of carbonyl (C=O) groups excluding carboxylic acids is 1. The molecule has 3 rings (SSSR count). The van der Waals surface area contributed by atoms with Gasteiger partial charge in [0.15, 0.2) is 0 Å². The average Bonchev–Trinajstić information content (AvgIpc) is 3.13. The monoisotopic (exact) mass is 352 g/mol. The number of rotatable bonds is 6. The highest BCUT2D eigenvalue weighted by Gasteiger charge is 2.11. The Labute approximate surface area is 151 Å². The lowest BCUT2D eigenvalue weighted by molar-refractivity contribution is 0.0950. The maximum atomic E-state index is 12.2. The fourth-order valence-electron chi connectivity index (χ4n) is 2.41. The first-order chi connectivity index (χ1) is 12.2. The Balaban J connectivity index is 1.55. The summed E-state index contributed by atoms with van der Waals surface area (Å²) >= 11 is 1.48. The molecule has 0 aliphatic carbocycles. The molecule has 2 aromatic carbocycles.